The molecule has 0 aliphatic heterocycles. The molecule has 1 heterocycles. The van der Waals surface area contributed by atoms with Crippen molar-refractivity contribution in [1.29, 1.82) is 0 Å². The molecule has 0 amide bonds. The second-order valence-corrected chi connectivity index (χ2v) is 5.47. The number of aromatic nitrogens is 2. The van der Waals surface area contributed by atoms with Crippen molar-refractivity contribution in [3.05, 3.63) is 39.0 Å². The molecule has 0 unspecified atom stereocenters. The minimum Gasteiger partial charge on any atom is -0.382 e. The summed E-state index contributed by atoms with van der Waals surface area (Å²) in [4.78, 5) is 0. The molecule has 0 aliphatic rings. The third-order valence-corrected chi connectivity index (χ3v) is 3.50. The molecule has 0 fully saturated rings. The highest BCUT2D eigenvalue weighted by molar-refractivity contribution is 6.36. The van der Waals surface area contributed by atoms with Crippen molar-refractivity contribution in [2.24, 2.45) is 0 Å². The molecule has 6 heteroatoms. The average molecular weight is 305 g/mol. The molecular formula is C12H12Cl3N3. The highest BCUT2D eigenvalue weighted by Crippen LogP contribution is 2.33. The lowest BCUT2D eigenvalue weighted by atomic mass is 10.1. The molecule has 18 heavy (non-hydrogen) atoms. The highest BCUT2D eigenvalue weighted by atomic mass is 35.5. The van der Waals surface area contributed by atoms with Crippen LogP contribution in [0.1, 0.15) is 25.5 Å². The second-order valence-electron chi connectivity index (χ2n) is 4.25. The Balaban J connectivity index is 2.61. The molecule has 0 bridgehead atoms. The number of halogens is 3. The maximum absolute atomic E-state index is 6.16. The van der Waals surface area contributed by atoms with E-state index in [4.69, 9.17) is 40.5 Å². The molecule has 1 aromatic carbocycles. The van der Waals surface area contributed by atoms with E-state index in [0.717, 1.165) is 5.69 Å². The zero-order chi connectivity index (χ0) is 13.4. The van der Waals surface area contributed by atoms with Gasteiger partial charge in [-0.05, 0) is 24.1 Å². The molecule has 0 saturated heterocycles. The Morgan fingerprint density at radius 2 is 1.89 bits per heavy atom. The minimum absolute atomic E-state index is 0.187. The first-order chi connectivity index (χ1) is 8.41. The summed E-state index contributed by atoms with van der Waals surface area (Å²) in [6.45, 7) is 4.00. The number of nitrogens with zero attached hydrogens (tertiary/aromatic N) is 2. The molecule has 2 N–H and O–H groups in total. The van der Waals surface area contributed by atoms with E-state index in [1.807, 2.05) is 13.8 Å². The summed E-state index contributed by atoms with van der Waals surface area (Å²) >= 11 is 18.2. The minimum atomic E-state index is 0.187. The summed E-state index contributed by atoms with van der Waals surface area (Å²) in [5, 5.41) is 5.91. The predicted octanol–water partition coefficient (Wildman–Crippen LogP) is 4.54. The molecule has 96 valence electrons. The SMILES string of the molecule is CC(C)c1nn(-c2ccc(Cl)cc2Cl)c(N)c1Cl. The van der Waals surface area contributed by atoms with Gasteiger partial charge in [0.2, 0.25) is 0 Å². The molecular weight excluding hydrogens is 293 g/mol. The van der Waals surface area contributed by atoms with Gasteiger partial charge in [-0.25, -0.2) is 4.68 Å². The van der Waals surface area contributed by atoms with E-state index < -0.39 is 0 Å². The quantitative estimate of drug-likeness (QED) is 0.885. The average Bonchev–Trinajstić information content (AvgIpc) is 2.57. The Morgan fingerprint density at radius 1 is 1.22 bits per heavy atom. The van der Waals surface area contributed by atoms with Gasteiger partial charge < -0.3 is 5.73 Å². The molecule has 2 aromatic rings. The van der Waals surface area contributed by atoms with Crippen molar-refractivity contribution in [2.45, 2.75) is 19.8 Å². The fourth-order valence-corrected chi connectivity index (χ4v) is 2.46. The number of hydrogen-bond acceptors (Lipinski definition) is 2. The van der Waals surface area contributed by atoms with Crippen LogP contribution in [0.15, 0.2) is 18.2 Å². The van der Waals surface area contributed by atoms with Crippen molar-refractivity contribution in [3.63, 3.8) is 0 Å². The Morgan fingerprint density at radius 3 is 2.39 bits per heavy atom. The van der Waals surface area contributed by atoms with Gasteiger partial charge in [0.1, 0.15) is 10.8 Å². The second kappa shape index (κ2) is 5.00. The first-order valence-corrected chi connectivity index (χ1v) is 6.54. The van der Waals surface area contributed by atoms with Gasteiger partial charge in [-0.1, -0.05) is 48.7 Å². The molecule has 0 atom stereocenters. The first-order valence-electron chi connectivity index (χ1n) is 5.41. The van der Waals surface area contributed by atoms with Gasteiger partial charge >= 0.3 is 0 Å². The number of nitrogens with two attached hydrogens (primary N) is 1. The van der Waals surface area contributed by atoms with Gasteiger partial charge in [0.05, 0.1) is 16.4 Å². The van der Waals surface area contributed by atoms with Gasteiger partial charge in [-0.15, -0.1) is 0 Å². The first kappa shape index (κ1) is 13.5. The van der Waals surface area contributed by atoms with Crippen molar-refractivity contribution >= 4 is 40.6 Å². The largest absolute Gasteiger partial charge is 0.382 e. The topological polar surface area (TPSA) is 43.8 Å². The third-order valence-electron chi connectivity index (χ3n) is 2.57. The number of rotatable bonds is 2. The van der Waals surface area contributed by atoms with E-state index >= 15 is 0 Å². The van der Waals surface area contributed by atoms with Gasteiger partial charge in [0, 0.05) is 5.02 Å². The van der Waals surface area contributed by atoms with Crippen LogP contribution in [-0.4, -0.2) is 9.78 Å². The molecule has 2 rings (SSSR count). The van der Waals surface area contributed by atoms with E-state index in [9.17, 15) is 0 Å². The van der Waals surface area contributed by atoms with Gasteiger partial charge in [0.25, 0.3) is 0 Å². The number of benzene rings is 1. The lowest BCUT2D eigenvalue weighted by Gasteiger charge is -2.06. The summed E-state index contributed by atoms with van der Waals surface area (Å²) < 4.78 is 1.54. The normalized spacial score (nSPS) is 11.2. The fraction of sp³-hybridized carbons (Fsp3) is 0.250. The molecule has 0 radical (unpaired) electrons. The maximum atomic E-state index is 6.16. The van der Waals surface area contributed by atoms with E-state index in [-0.39, 0.29) is 5.92 Å². The molecule has 0 saturated carbocycles. The van der Waals surface area contributed by atoms with Crippen LogP contribution < -0.4 is 5.73 Å². The zero-order valence-electron chi connectivity index (χ0n) is 9.92. The van der Waals surface area contributed by atoms with Gasteiger partial charge in [-0.3, -0.25) is 0 Å². The van der Waals surface area contributed by atoms with Crippen LogP contribution in [0.3, 0.4) is 0 Å². The summed E-state index contributed by atoms with van der Waals surface area (Å²) in [7, 11) is 0. The number of hydrogen-bond donors (Lipinski definition) is 1. The zero-order valence-corrected chi connectivity index (χ0v) is 12.2. The summed E-state index contributed by atoms with van der Waals surface area (Å²) in [5.74, 6) is 0.566. The molecule has 3 nitrogen and oxygen atoms in total. The number of nitrogen functional groups attached to an aromatic ring is 1. The Hall–Kier alpha value is -0.900. The van der Waals surface area contributed by atoms with E-state index in [1.54, 1.807) is 18.2 Å². The summed E-state index contributed by atoms with van der Waals surface area (Å²) in [5.41, 5.74) is 7.37. The van der Waals surface area contributed by atoms with Crippen molar-refractivity contribution in [2.75, 3.05) is 5.73 Å². The van der Waals surface area contributed by atoms with Crippen molar-refractivity contribution in [1.82, 2.24) is 9.78 Å². The predicted molar refractivity (Wildman–Crippen MR) is 77.1 cm³/mol. The smallest absolute Gasteiger partial charge is 0.146 e. The maximum Gasteiger partial charge on any atom is 0.146 e. The molecule has 0 aliphatic carbocycles. The monoisotopic (exact) mass is 303 g/mol. The van der Waals surface area contributed by atoms with Crippen molar-refractivity contribution < 1.29 is 0 Å². The van der Waals surface area contributed by atoms with Gasteiger partial charge in [-0.2, -0.15) is 5.10 Å². The van der Waals surface area contributed by atoms with Crippen LogP contribution in [0.2, 0.25) is 15.1 Å². The van der Waals surface area contributed by atoms with Crippen LogP contribution in [0.4, 0.5) is 5.82 Å². The van der Waals surface area contributed by atoms with Gasteiger partial charge in [0.15, 0.2) is 0 Å². The van der Waals surface area contributed by atoms with Crippen molar-refractivity contribution in [3.8, 4) is 5.69 Å². The lowest BCUT2D eigenvalue weighted by Crippen LogP contribution is -2.03. The van der Waals surface area contributed by atoms with Crippen LogP contribution in [0, 0.1) is 0 Å². The Kier molecular flexibility index (Phi) is 3.76. The fourth-order valence-electron chi connectivity index (χ4n) is 1.64. The van der Waals surface area contributed by atoms with E-state index in [2.05, 4.69) is 5.10 Å². The highest BCUT2D eigenvalue weighted by Gasteiger charge is 2.18. The summed E-state index contributed by atoms with van der Waals surface area (Å²) in [6.07, 6.45) is 0. The summed E-state index contributed by atoms with van der Waals surface area (Å²) in [6, 6.07) is 5.13. The molecule has 1 aromatic heterocycles. The lowest BCUT2D eigenvalue weighted by molar-refractivity contribution is 0.771. The standard InChI is InChI=1S/C12H12Cl3N3/c1-6(2)11-10(15)12(16)18(17-11)9-4-3-7(13)5-8(9)14/h3-6H,16H2,1-2H3. The van der Waals surface area contributed by atoms with E-state index in [1.165, 1.54) is 4.68 Å². The Bertz CT molecular complexity index is 590. The van der Waals surface area contributed by atoms with Crippen LogP contribution in [-0.2, 0) is 0 Å². The number of anilines is 1. The molecule has 0 spiro atoms. The Labute approximate surface area is 120 Å². The third kappa shape index (κ3) is 2.30. The van der Waals surface area contributed by atoms with Crippen LogP contribution >= 0.6 is 34.8 Å². The van der Waals surface area contributed by atoms with Crippen LogP contribution in [0.5, 0.6) is 0 Å². The van der Waals surface area contributed by atoms with E-state index in [0.29, 0.717) is 26.6 Å². The van der Waals surface area contributed by atoms with Crippen LogP contribution in [0.25, 0.3) is 5.69 Å².